The highest BCUT2D eigenvalue weighted by Gasteiger charge is 2.55. The van der Waals surface area contributed by atoms with E-state index in [1.54, 1.807) is 0 Å². The first-order valence-electron chi connectivity index (χ1n) is 11.5. The topological polar surface area (TPSA) is 58.2 Å². The summed E-state index contributed by atoms with van der Waals surface area (Å²) in [5.41, 5.74) is -0.178. The molecule has 0 radical (unpaired) electrons. The summed E-state index contributed by atoms with van der Waals surface area (Å²) >= 11 is 0. The normalized spacial score (nSPS) is 41.4. The third-order valence-corrected chi connectivity index (χ3v) is 8.12. The first-order valence-corrected chi connectivity index (χ1v) is 11.5. The number of rotatable bonds is 5. The summed E-state index contributed by atoms with van der Waals surface area (Å²) in [6.07, 6.45) is 11.7. The van der Waals surface area contributed by atoms with Crippen molar-refractivity contribution in [2.75, 3.05) is 0 Å². The Morgan fingerprint density at radius 2 is 1.41 bits per heavy atom. The molecule has 0 aromatic rings. The molecule has 0 saturated heterocycles. The Morgan fingerprint density at radius 1 is 0.889 bits per heavy atom. The maximum Gasteiger partial charge on any atom is 0.243 e. The number of amides is 2. The number of nitrogens with one attached hydrogen (secondary N) is 2. The Balaban J connectivity index is 1.39. The van der Waals surface area contributed by atoms with E-state index in [1.165, 1.54) is 32.1 Å². The molecule has 0 aromatic heterocycles. The van der Waals surface area contributed by atoms with Gasteiger partial charge in [0.2, 0.25) is 11.8 Å². The van der Waals surface area contributed by atoms with Gasteiger partial charge in [0.1, 0.15) is 6.04 Å². The minimum absolute atomic E-state index is 0.0302. The Morgan fingerprint density at radius 3 is 1.89 bits per heavy atom. The molecule has 27 heavy (non-hydrogen) atoms. The lowest BCUT2D eigenvalue weighted by molar-refractivity contribution is -0.149. The number of hydrogen-bond donors (Lipinski definition) is 2. The van der Waals surface area contributed by atoms with Crippen molar-refractivity contribution < 1.29 is 9.59 Å². The highest BCUT2D eigenvalue weighted by molar-refractivity contribution is 5.90. The van der Waals surface area contributed by atoms with Gasteiger partial charge in [0.15, 0.2) is 0 Å². The van der Waals surface area contributed by atoms with Gasteiger partial charge in [0, 0.05) is 11.5 Å². The molecular weight excluding hydrogens is 336 g/mol. The van der Waals surface area contributed by atoms with Gasteiger partial charge in [-0.3, -0.25) is 9.59 Å². The van der Waals surface area contributed by atoms with Gasteiger partial charge in [0.25, 0.3) is 0 Å². The van der Waals surface area contributed by atoms with E-state index in [-0.39, 0.29) is 29.2 Å². The number of hydrogen-bond acceptors (Lipinski definition) is 2. The van der Waals surface area contributed by atoms with Crippen molar-refractivity contribution >= 4 is 11.8 Å². The van der Waals surface area contributed by atoms with Gasteiger partial charge < -0.3 is 10.6 Å². The van der Waals surface area contributed by atoms with E-state index in [9.17, 15) is 9.59 Å². The fourth-order valence-corrected chi connectivity index (χ4v) is 6.91. The van der Waals surface area contributed by atoms with Crippen LogP contribution < -0.4 is 10.6 Å². The van der Waals surface area contributed by atoms with Gasteiger partial charge >= 0.3 is 0 Å². The van der Waals surface area contributed by atoms with Crippen molar-refractivity contribution in [3.8, 4) is 0 Å². The molecule has 4 heteroatoms. The molecule has 0 aliphatic heterocycles. The van der Waals surface area contributed by atoms with Crippen LogP contribution in [0.15, 0.2) is 0 Å². The molecule has 152 valence electrons. The molecule has 5 aliphatic rings. The molecule has 0 spiro atoms. The van der Waals surface area contributed by atoms with Gasteiger partial charge in [0.05, 0.1) is 0 Å². The third-order valence-electron chi connectivity index (χ3n) is 8.12. The number of carbonyl (C=O) groups excluding carboxylic acids is 2. The van der Waals surface area contributed by atoms with Gasteiger partial charge in [-0.25, -0.2) is 0 Å². The smallest absolute Gasteiger partial charge is 0.243 e. The summed E-state index contributed by atoms with van der Waals surface area (Å²) in [5, 5.41) is 6.47. The van der Waals surface area contributed by atoms with Crippen LogP contribution in [0.2, 0.25) is 0 Å². The van der Waals surface area contributed by atoms with E-state index in [0.29, 0.717) is 0 Å². The lowest BCUT2D eigenvalue weighted by Crippen LogP contribution is -2.59. The third kappa shape index (κ3) is 3.91. The highest BCUT2D eigenvalue weighted by atomic mass is 16.2. The average Bonchev–Trinajstić information content (AvgIpc) is 2.59. The Hall–Kier alpha value is -1.06. The van der Waals surface area contributed by atoms with E-state index < -0.39 is 6.04 Å². The van der Waals surface area contributed by atoms with E-state index in [1.807, 2.05) is 13.8 Å². The van der Waals surface area contributed by atoms with Crippen LogP contribution in [-0.4, -0.2) is 23.9 Å². The van der Waals surface area contributed by atoms with E-state index in [2.05, 4.69) is 17.6 Å². The van der Waals surface area contributed by atoms with Crippen molar-refractivity contribution in [1.82, 2.24) is 10.6 Å². The minimum Gasteiger partial charge on any atom is -0.352 e. The van der Waals surface area contributed by atoms with Crippen LogP contribution in [-0.2, 0) is 9.59 Å². The lowest BCUT2D eigenvalue weighted by atomic mass is 9.49. The average molecular weight is 375 g/mol. The molecule has 2 amide bonds. The van der Waals surface area contributed by atoms with Crippen molar-refractivity contribution in [3.63, 3.8) is 0 Å². The standard InChI is InChI=1S/C23H38N2O2/c1-14(2)20(21(26)24-19-6-4-15(3)5-7-19)25-22(27)23-11-16-8-17(12-23)10-18(9-16)13-23/h14-20H,4-13H2,1-3H3,(H,24,26)(H,25,27). The molecule has 0 heterocycles. The monoisotopic (exact) mass is 374 g/mol. The first-order chi connectivity index (χ1) is 12.8. The molecular formula is C23H38N2O2. The van der Waals surface area contributed by atoms with Crippen LogP contribution in [0.1, 0.15) is 85.0 Å². The van der Waals surface area contributed by atoms with E-state index >= 15 is 0 Å². The van der Waals surface area contributed by atoms with Gasteiger partial charge in [-0.2, -0.15) is 0 Å². The Labute approximate surface area is 164 Å². The Bertz CT molecular complexity index is 542. The Kier molecular flexibility index (Phi) is 5.28. The largest absolute Gasteiger partial charge is 0.352 e. The molecule has 1 unspecified atom stereocenters. The van der Waals surface area contributed by atoms with Crippen LogP contribution in [0.4, 0.5) is 0 Å². The zero-order valence-corrected chi connectivity index (χ0v) is 17.4. The second-order valence-electron chi connectivity index (χ2n) is 10.9. The molecule has 4 nitrogen and oxygen atoms in total. The SMILES string of the molecule is CC1CCC(NC(=O)C(NC(=O)C23CC4CC(CC(C4)C2)C3)C(C)C)CC1. The fraction of sp³-hybridized carbons (Fsp3) is 0.913. The molecule has 5 aliphatic carbocycles. The second-order valence-corrected chi connectivity index (χ2v) is 10.9. The predicted octanol–water partition coefficient (Wildman–Crippen LogP) is 4.04. The van der Waals surface area contributed by atoms with Crippen molar-refractivity contribution in [1.29, 1.82) is 0 Å². The van der Waals surface area contributed by atoms with Crippen LogP contribution in [0.5, 0.6) is 0 Å². The zero-order chi connectivity index (χ0) is 19.2. The van der Waals surface area contributed by atoms with Crippen molar-refractivity contribution in [3.05, 3.63) is 0 Å². The molecule has 4 bridgehead atoms. The maximum absolute atomic E-state index is 13.4. The first kappa shape index (κ1) is 19.3. The molecule has 5 fully saturated rings. The molecule has 1 atom stereocenters. The second kappa shape index (κ2) is 7.40. The van der Waals surface area contributed by atoms with Crippen LogP contribution in [0, 0.1) is 35.0 Å². The van der Waals surface area contributed by atoms with Crippen molar-refractivity contribution in [2.24, 2.45) is 35.0 Å². The van der Waals surface area contributed by atoms with Crippen LogP contribution in [0.25, 0.3) is 0 Å². The van der Waals surface area contributed by atoms with Crippen molar-refractivity contribution in [2.45, 2.75) is 97.1 Å². The van der Waals surface area contributed by atoms with E-state index in [4.69, 9.17) is 0 Å². The summed E-state index contributed by atoms with van der Waals surface area (Å²) in [6.45, 7) is 6.39. The van der Waals surface area contributed by atoms with Crippen LogP contribution in [0.3, 0.4) is 0 Å². The molecule has 5 saturated carbocycles. The van der Waals surface area contributed by atoms with Gasteiger partial charge in [-0.15, -0.1) is 0 Å². The summed E-state index contributed by atoms with van der Waals surface area (Å²) < 4.78 is 0. The summed E-state index contributed by atoms with van der Waals surface area (Å²) in [5.74, 6) is 3.34. The molecule has 2 N–H and O–H groups in total. The molecule has 5 rings (SSSR count). The van der Waals surface area contributed by atoms with Gasteiger partial charge in [-0.1, -0.05) is 20.8 Å². The summed E-state index contributed by atoms with van der Waals surface area (Å²) in [6, 6.07) is -0.115. The molecule has 0 aromatic carbocycles. The summed E-state index contributed by atoms with van der Waals surface area (Å²) in [7, 11) is 0. The van der Waals surface area contributed by atoms with Gasteiger partial charge in [-0.05, 0) is 93.8 Å². The predicted molar refractivity (Wildman–Crippen MR) is 107 cm³/mol. The highest BCUT2D eigenvalue weighted by Crippen LogP contribution is 2.60. The van der Waals surface area contributed by atoms with E-state index in [0.717, 1.165) is 55.8 Å². The maximum atomic E-state index is 13.4. The summed E-state index contributed by atoms with van der Waals surface area (Å²) in [4.78, 5) is 26.3. The number of carbonyl (C=O) groups is 2. The fourth-order valence-electron chi connectivity index (χ4n) is 6.91. The minimum atomic E-state index is -0.398. The zero-order valence-electron chi connectivity index (χ0n) is 17.4. The lowest BCUT2D eigenvalue weighted by Gasteiger charge is -2.55. The quantitative estimate of drug-likeness (QED) is 0.763. The van der Waals surface area contributed by atoms with Crippen LogP contribution >= 0.6 is 0 Å².